The Kier molecular flexibility index (Phi) is 10.1. The Morgan fingerprint density at radius 2 is 1.65 bits per heavy atom. The number of hydrogen-bond donors (Lipinski definition) is 1. The molecular formula is C29H41N3O2. The molecule has 0 atom stereocenters. The van der Waals surface area contributed by atoms with Gasteiger partial charge in [0.05, 0.1) is 0 Å². The molecule has 0 aliphatic carbocycles. The summed E-state index contributed by atoms with van der Waals surface area (Å²) in [7, 11) is 0. The van der Waals surface area contributed by atoms with Gasteiger partial charge in [0.1, 0.15) is 0 Å². The quantitative estimate of drug-likeness (QED) is 0.621. The molecule has 0 saturated carbocycles. The number of carbonyl (C=O) groups excluding carboxylic acids is 2. The van der Waals surface area contributed by atoms with E-state index in [-0.39, 0.29) is 11.8 Å². The lowest BCUT2D eigenvalue weighted by atomic mass is 10.0. The van der Waals surface area contributed by atoms with Crippen LogP contribution >= 0.6 is 0 Å². The number of nitrogens with one attached hydrogen (secondary N) is 1. The lowest BCUT2D eigenvalue weighted by molar-refractivity contribution is -0.116. The van der Waals surface area contributed by atoms with Gasteiger partial charge in [0.2, 0.25) is 5.91 Å². The van der Waals surface area contributed by atoms with E-state index >= 15 is 0 Å². The van der Waals surface area contributed by atoms with E-state index in [9.17, 15) is 9.59 Å². The van der Waals surface area contributed by atoms with Crippen LogP contribution in [0.4, 0.5) is 5.69 Å². The van der Waals surface area contributed by atoms with Crippen molar-refractivity contribution in [3.63, 3.8) is 0 Å². The molecule has 2 aromatic carbocycles. The molecule has 184 valence electrons. The number of amides is 2. The van der Waals surface area contributed by atoms with Gasteiger partial charge in [0.25, 0.3) is 5.91 Å². The Morgan fingerprint density at radius 3 is 2.35 bits per heavy atom. The van der Waals surface area contributed by atoms with Crippen molar-refractivity contribution in [2.75, 3.05) is 31.1 Å². The lowest BCUT2D eigenvalue weighted by Gasteiger charge is -2.30. The fourth-order valence-electron chi connectivity index (χ4n) is 4.76. The number of anilines is 1. The summed E-state index contributed by atoms with van der Waals surface area (Å²) in [6, 6.07) is 16.0. The fraction of sp³-hybridized carbons (Fsp3) is 0.517. The molecule has 5 nitrogen and oxygen atoms in total. The molecule has 34 heavy (non-hydrogen) atoms. The van der Waals surface area contributed by atoms with Gasteiger partial charge in [-0.3, -0.25) is 14.5 Å². The van der Waals surface area contributed by atoms with E-state index in [1.165, 1.54) is 24.8 Å². The third-order valence-corrected chi connectivity index (χ3v) is 6.43. The van der Waals surface area contributed by atoms with E-state index in [1.807, 2.05) is 41.3 Å². The first-order chi connectivity index (χ1) is 16.4. The lowest BCUT2D eigenvalue weighted by Crippen LogP contribution is -2.34. The van der Waals surface area contributed by atoms with Crippen LogP contribution < -0.4 is 10.2 Å². The number of fused-ring (bicyclic) bond motifs is 1. The highest BCUT2D eigenvalue weighted by molar-refractivity contribution is 5.97. The van der Waals surface area contributed by atoms with E-state index in [0.29, 0.717) is 18.0 Å². The Labute approximate surface area is 205 Å². The SMILES string of the molecule is CC(=O)N1CCCCCCCN(CC(C)C)Cc2cc(C(=O)NCCc3ccccc3)ccc21. The highest BCUT2D eigenvalue weighted by Gasteiger charge is 2.20. The first-order valence-electron chi connectivity index (χ1n) is 12.9. The maximum Gasteiger partial charge on any atom is 0.251 e. The molecule has 0 spiro atoms. The molecule has 0 radical (unpaired) electrons. The fourth-order valence-corrected chi connectivity index (χ4v) is 4.76. The summed E-state index contributed by atoms with van der Waals surface area (Å²) < 4.78 is 0. The number of carbonyl (C=O) groups is 2. The van der Waals surface area contributed by atoms with Crippen molar-refractivity contribution >= 4 is 17.5 Å². The molecule has 0 bridgehead atoms. The average molecular weight is 464 g/mol. The zero-order valence-corrected chi connectivity index (χ0v) is 21.2. The van der Waals surface area contributed by atoms with E-state index < -0.39 is 0 Å². The van der Waals surface area contributed by atoms with E-state index in [1.54, 1.807) is 6.92 Å². The zero-order valence-electron chi connectivity index (χ0n) is 21.2. The minimum atomic E-state index is -0.0605. The summed E-state index contributed by atoms with van der Waals surface area (Å²) >= 11 is 0. The molecule has 0 unspecified atom stereocenters. The number of hydrogen-bond acceptors (Lipinski definition) is 3. The van der Waals surface area contributed by atoms with Crippen LogP contribution in [-0.2, 0) is 17.8 Å². The molecule has 1 aliphatic rings. The molecule has 2 aromatic rings. The third-order valence-electron chi connectivity index (χ3n) is 6.43. The minimum Gasteiger partial charge on any atom is -0.352 e. The Balaban J connectivity index is 1.82. The summed E-state index contributed by atoms with van der Waals surface area (Å²) in [6.07, 6.45) is 6.60. The minimum absolute atomic E-state index is 0.0605. The zero-order chi connectivity index (χ0) is 24.3. The summed E-state index contributed by atoms with van der Waals surface area (Å²) in [4.78, 5) is 29.9. The molecule has 0 aromatic heterocycles. The molecule has 1 heterocycles. The maximum absolute atomic E-state index is 13.0. The normalized spacial score (nSPS) is 15.8. The number of benzene rings is 2. The van der Waals surface area contributed by atoms with Gasteiger partial charge >= 0.3 is 0 Å². The largest absolute Gasteiger partial charge is 0.352 e. The number of rotatable bonds is 6. The second kappa shape index (κ2) is 13.3. The highest BCUT2D eigenvalue weighted by Crippen LogP contribution is 2.26. The van der Waals surface area contributed by atoms with Gasteiger partial charge in [-0.25, -0.2) is 0 Å². The Bertz CT molecular complexity index is 926. The van der Waals surface area contributed by atoms with Crippen LogP contribution in [0, 0.1) is 5.92 Å². The molecule has 0 fully saturated rings. The van der Waals surface area contributed by atoms with E-state index in [4.69, 9.17) is 0 Å². The molecular weight excluding hydrogens is 422 g/mol. The molecule has 1 N–H and O–H groups in total. The Hall–Kier alpha value is -2.66. The van der Waals surface area contributed by atoms with Crippen molar-refractivity contribution in [1.82, 2.24) is 10.2 Å². The standard InChI is InChI=1S/C29H41N3O2/c1-23(2)21-31-18-10-5-4-6-11-19-32(24(3)33)28-15-14-26(20-27(28)22-31)29(34)30-17-16-25-12-8-7-9-13-25/h7-9,12-15,20,23H,4-6,10-11,16-19,21-22H2,1-3H3,(H,30,34). The van der Waals surface area contributed by atoms with Gasteiger partial charge in [-0.05, 0) is 61.1 Å². The van der Waals surface area contributed by atoms with Crippen LogP contribution in [0.3, 0.4) is 0 Å². The van der Waals surface area contributed by atoms with Crippen molar-refractivity contribution in [3.05, 3.63) is 65.2 Å². The van der Waals surface area contributed by atoms with Crippen molar-refractivity contribution in [3.8, 4) is 0 Å². The molecule has 1 aliphatic heterocycles. The van der Waals surface area contributed by atoms with Crippen LogP contribution in [0.15, 0.2) is 48.5 Å². The van der Waals surface area contributed by atoms with Gasteiger partial charge in [-0.1, -0.05) is 63.4 Å². The second-order valence-corrected chi connectivity index (χ2v) is 9.90. The van der Waals surface area contributed by atoms with Crippen molar-refractivity contribution in [2.24, 2.45) is 5.92 Å². The Morgan fingerprint density at radius 1 is 0.941 bits per heavy atom. The van der Waals surface area contributed by atoms with Gasteiger partial charge in [0, 0.05) is 44.4 Å². The monoisotopic (exact) mass is 463 g/mol. The van der Waals surface area contributed by atoms with E-state index in [0.717, 1.165) is 56.7 Å². The first kappa shape index (κ1) is 26.0. The smallest absolute Gasteiger partial charge is 0.251 e. The molecule has 3 rings (SSSR count). The van der Waals surface area contributed by atoms with E-state index in [2.05, 4.69) is 36.2 Å². The van der Waals surface area contributed by atoms with Crippen molar-refractivity contribution < 1.29 is 9.59 Å². The highest BCUT2D eigenvalue weighted by atomic mass is 16.2. The van der Waals surface area contributed by atoms with Crippen LogP contribution in [0.25, 0.3) is 0 Å². The van der Waals surface area contributed by atoms with Gasteiger partial charge in [-0.15, -0.1) is 0 Å². The summed E-state index contributed by atoms with van der Waals surface area (Å²) in [5.41, 5.74) is 3.88. The summed E-state index contributed by atoms with van der Waals surface area (Å²) in [5.74, 6) is 0.563. The predicted molar refractivity (Wildman–Crippen MR) is 140 cm³/mol. The molecule has 5 heteroatoms. The average Bonchev–Trinajstić information content (AvgIpc) is 2.80. The van der Waals surface area contributed by atoms with Gasteiger partial charge in [0.15, 0.2) is 0 Å². The predicted octanol–water partition coefficient (Wildman–Crippen LogP) is 5.43. The van der Waals surface area contributed by atoms with Crippen LogP contribution in [-0.4, -0.2) is 42.9 Å². The third kappa shape index (κ3) is 7.98. The summed E-state index contributed by atoms with van der Waals surface area (Å²) in [5, 5.41) is 3.07. The topological polar surface area (TPSA) is 52.7 Å². The van der Waals surface area contributed by atoms with Gasteiger partial charge < -0.3 is 10.2 Å². The van der Waals surface area contributed by atoms with Crippen molar-refractivity contribution in [1.29, 1.82) is 0 Å². The maximum atomic E-state index is 13.0. The first-order valence-corrected chi connectivity index (χ1v) is 12.9. The van der Waals surface area contributed by atoms with Crippen LogP contribution in [0.5, 0.6) is 0 Å². The summed E-state index contributed by atoms with van der Waals surface area (Å²) in [6.45, 7) is 10.3. The number of nitrogens with zero attached hydrogens (tertiary/aromatic N) is 2. The second-order valence-electron chi connectivity index (χ2n) is 9.90. The molecule has 2 amide bonds. The van der Waals surface area contributed by atoms with Crippen molar-refractivity contribution in [2.45, 2.75) is 65.8 Å². The molecule has 0 saturated heterocycles. The van der Waals surface area contributed by atoms with Crippen LogP contribution in [0.2, 0.25) is 0 Å². The van der Waals surface area contributed by atoms with Crippen LogP contribution in [0.1, 0.15) is 74.4 Å². The van der Waals surface area contributed by atoms with Gasteiger partial charge in [-0.2, -0.15) is 0 Å².